The van der Waals surface area contributed by atoms with Gasteiger partial charge in [-0.3, -0.25) is 0 Å². The minimum absolute atomic E-state index is 0.267. The van der Waals surface area contributed by atoms with Crippen LogP contribution in [-0.2, 0) is 0 Å². The first-order valence-corrected chi connectivity index (χ1v) is 6.99. The molecule has 0 aromatic heterocycles. The molecule has 0 fully saturated rings. The molecule has 2 aromatic rings. The lowest BCUT2D eigenvalue weighted by molar-refractivity contribution is 0.255. The van der Waals surface area contributed by atoms with E-state index in [2.05, 4.69) is 26.6 Å². The van der Waals surface area contributed by atoms with Crippen LogP contribution in [0.3, 0.4) is 0 Å². The van der Waals surface area contributed by atoms with Crippen molar-refractivity contribution in [2.24, 2.45) is 0 Å². The van der Waals surface area contributed by atoms with Gasteiger partial charge in [0.25, 0.3) is 0 Å². The van der Waals surface area contributed by atoms with Crippen LogP contribution in [0.4, 0.5) is 10.5 Å². The maximum Gasteiger partial charge on any atom is 0.323 e. The number of rotatable bonds is 3. The number of halogens is 1. The number of nitrogens with one attached hydrogen (secondary N) is 2. The lowest BCUT2D eigenvalue weighted by Crippen LogP contribution is -2.23. The van der Waals surface area contributed by atoms with E-state index in [0.717, 1.165) is 15.7 Å². The Labute approximate surface area is 126 Å². The van der Waals surface area contributed by atoms with Crippen molar-refractivity contribution in [3.05, 3.63) is 70.3 Å². The van der Waals surface area contributed by atoms with E-state index in [4.69, 9.17) is 0 Å². The van der Waals surface area contributed by atoms with Crippen LogP contribution in [0.2, 0.25) is 0 Å². The summed E-state index contributed by atoms with van der Waals surface area (Å²) in [6, 6.07) is 15.2. The van der Waals surface area contributed by atoms with Crippen LogP contribution in [0.1, 0.15) is 11.1 Å². The summed E-state index contributed by atoms with van der Waals surface area (Å²) in [5.74, 6) is 0. The Morgan fingerprint density at radius 3 is 2.60 bits per heavy atom. The Balaban J connectivity index is 1.87. The summed E-state index contributed by atoms with van der Waals surface area (Å²) >= 11 is 3.35. The van der Waals surface area contributed by atoms with Crippen molar-refractivity contribution in [2.75, 3.05) is 5.32 Å². The predicted molar refractivity (Wildman–Crippen MR) is 86.5 cm³/mol. The summed E-state index contributed by atoms with van der Waals surface area (Å²) in [5, 5.41) is 5.42. The third-order valence-corrected chi connectivity index (χ3v) is 3.16. The van der Waals surface area contributed by atoms with E-state index in [1.54, 1.807) is 6.20 Å². The minimum atomic E-state index is -0.267. The molecule has 2 N–H and O–H groups in total. The number of hydrogen-bond donors (Lipinski definition) is 2. The van der Waals surface area contributed by atoms with Crippen LogP contribution in [-0.4, -0.2) is 6.03 Å². The second-order valence-electron chi connectivity index (χ2n) is 4.35. The van der Waals surface area contributed by atoms with Crippen LogP contribution < -0.4 is 10.6 Å². The predicted octanol–water partition coefficient (Wildman–Crippen LogP) is 4.55. The number of aryl methyl sites for hydroxylation is 1. The van der Waals surface area contributed by atoms with Crippen molar-refractivity contribution in [2.45, 2.75) is 6.92 Å². The SMILES string of the molecule is Cc1cccc(/C=C/NC(=O)Nc2ccc(Br)cc2)c1. The van der Waals surface area contributed by atoms with Gasteiger partial charge in [0.2, 0.25) is 0 Å². The first-order valence-electron chi connectivity index (χ1n) is 6.20. The molecule has 0 aliphatic rings. The van der Waals surface area contributed by atoms with Gasteiger partial charge in [0.05, 0.1) is 0 Å². The van der Waals surface area contributed by atoms with Crippen molar-refractivity contribution in [1.82, 2.24) is 5.32 Å². The molecule has 0 spiro atoms. The maximum atomic E-state index is 11.7. The van der Waals surface area contributed by atoms with Crippen molar-refractivity contribution in [3.63, 3.8) is 0 Å². The van der Waals surface area contributed by atoms with Gasteiger partial charge in [-0.1, -0.05) is 45.8 Å². The van der Waals surface area contributed by atoms with Crippen molar-refractivity contribution in [1.29, 1.82) is 0 Å². The van der Waals surface area contributed by atoms with Gasteiger partial charge in [0.1, 0.15) is 0 Å². The highest BCUT2D eigenvalue weighted by molar-refractivity contribution is 9.10. The molecule has 2 rings (SSSR count). The van der Waals surface area contributed by atoms with E-state index in [1.807, 2.05) is 61.5 Å². The molecule has 0 bridgehead atoms. The summed E-state index contributed by atoms with van der Waals surface area (Å²) in [6.07, 6.45) is 3.48. The molecular weight excluding hydrogens is 316 g/mol. The fraction of sp³-hybridized carbons (Fsp3) is 0.0625. The fourth-order valence-corrected chi connectivity index (χ4v) is 1.95. The average molecular weight is 331 g/mol. The van der Waals surface area contributed by atoms with Gasteiger partial charge in [0.15, 0.2) is 0 Å². The molecule has 4 heteroatoms. The number of carbonyl (C=O) groups excluding carboxylic acids is 1. The second-order valence-corrected chi connectivity index (χ2v) is 5.27. The van der Waals surface area contributed by atoms with E-state index in [9.17, 15) is 4.79 Å². The Hall–Kier alpha value is -2.07. The molecule has 3 nitrogen and oxygen atoms in total. The Bertz CT molecular complexity index is 621. The molecule has 0 unspecified atom stereocenters. The molecule has 2 aromatic carbocycles. The van der Waals surface area contributed by atoms with Crippen molar-refractivity contribution in [3.8, 4) is 0 Å². The lowest BCUT2D eigenvalue weighted by Gasteiger charge is -2.04. The Morgan fingerprint density at radius 1 is 1.15 bits per heavy atom. The number of hydrogen-bond acceptors (Lipinski definition) is 1. The molecular formula is C16H15BrN2O. The highest BCUT2D eigenvalue weighted by Crippen LogP contribution is 2.13. The summed E-state index contributed by atoms with van der Waals surface area (Å²) in [5.41, 5.74) is 2.98. The molecule has 2 amide bonds. The number of amides is 2. The largest absolute Gasteiger partial charge is 0.323 e. The third kappa shape index (κ3) is 4.55. The van der Waals surface area contributed by atoms with Crippen molar-refractivity contribution >= 4 is 33.7 Å². The molecule has 0 saturated carbocycles. The molecule has 0 saturated heterocycles. The standard InChI is InChI=1S/C16H15BrN2O/c1-12-3-2-4-13(11-12)9-10-18-16(20)19-15-7-5-14(17)6-8-15/h2-11H,1H3,(H2,18,19,20)/b10-9+. The lowest BCUT2D eigenvalue weighted by atomic mass is 10.1. The van der Waals surface area contributed by atoms with Crippen LogP contribution in [0.25, 0.3) is 6.08 Å². The summed E-state index contributed by atoms with van der Waals surface area (Å²) < 4.78 is 0.975. The first kappa shape index (κ1) is 14.3. The van der Waals surface area contributed by atoms with Crippen LogP contribution in [0, 0.1) is 6.92 Å². The zero-order valence-electron chi connectivity index (χ0n) is 11.1. The zero-order valence-corrected chi connectivity index (χ0v) is 12.6. The van der Waals surface area contributed by atoms with Crippen LogP contribution >= 0.6 is 15.9 Å². The molecule has 0 aliphatic heterocycles. The van der Waals surface area contributed by atoms with Crippen LogP contribution in [0.5, 0.6) is 0 Å². The van der Waals surface area contributed by atoms with Gasteiger partial charge in [-0.2, -0.15) is 0 Å². The minimum Gasteiger partial charge on any atom is -0.314 e. The average Bonchev–Trinajstić information content (AvgIpc) is 2.41. The summed E-state index contributed by atoms with van der Waals surface area (Å²) in [6.45, 7) is 2.03. The van der Waals surface area contributed by atoms with Gasteiger partial charge in [-0.05, 0) is 42.8 Å². The van der Waals surface area contributed by atoms with E-state index in [-0.39, 0.29) is 6.03 Å². The maximum absolute atomic E-state index is 11.7. The molecule has 0 heterocycles. The van der Waals surface area contributed by atoms with Gasteiger partial charge >= 0.3 is 6.03 Å². The number of urea groups is 1. The molecule has 102 valence electrons. The summed E-state index contributed by atoms with van der Waals surface area (Å²) in [7, 11) is 0. The highest BCUT2D eigenvalue weighted by Gasteiger charge is 1.98. The molecule has 20 heavy (non-hydrogen) atoms. The molecule has 0 aliphatic carbocycles. The monoisotopic (exact) mass is 330 g/mol. The van der Waals surface area contributed by atoms with E-state index >= 15 is 0 Å². The second kappa shape index (κ2) is 6.91. The third-order valence-electron chi connectivity index (χ3n) is 2.63. The number of carbonyl (C=O) groups is 1. The first-order chi connectivity index (χ1) is 9.63. The van der Waals surface area contributed by atoms with Gasteiger partial charge in [0, 0.05) is 16.4 Å². The van der Waals surface area contributed by atoms with Crippen LogP contribution in [0.15, 0.2) is 59.2 Å². The highest BCUT2D eigenvalue weighted by atomic mass is 79.9. The molecule has 0 radical (unpaired) electrons. The van der Waals surface area contributed by atoms with E-state index in [0.29, 0.717) is 0 Å². The zero-order chi connectivity index (χ0) is 14.4. The quantitative estimate of drug-likeness (QED) is 0.851. The normalized spacial score (nSPS) is 10.5. The smallest absolute Gasteiger partial charge is 0.314 e. The van der Waals surface area contributed by atoms with Gasteiger partial charge in [-0.15, -0.1) is 0 Å². The molecule has 0 atom stereocenters. The van der Waals surface area contributed by atoms with E-state index in [1.165, 1.54) is 5.56 Å². The number of anilines is 1. The van der Waals surface area contributed by atoms with Gasteiger partial charge < -0.3 is 10.6 Å². The fourth-order valence-electron chi connectivity index (χ4n) is 1.69. The summed E-state index contributed by atoms with van der Waals surface area (Å²) in [4.78, 5) is 11.7. The number of benzene rings is 2. The van der Waals surface area contributed by atoms with E-state index < -0.39 is 0 Å². The van der Waals surface area contributed by atoms with Crippen molar-refractivity contribution < 1.29 is 4.79 Å². The topological polar surface area (TPSA) is 41.1 Å². The van der Waals surface area contributed by atoms with Gasteiger partial charge in [-0.25, -0.2) is 4.79 Å². The Morgan fingerprint density at radius 2 is 1.90 bits per heavy atom. The Kier molecular flexibility index (Phi) is 4.96.